The summed E-state index contributed by atoms with van der Waals surface area (Å²) < 4.78 is 5.05. The number of benzene rings is 3. The predicted octanol–water partition coefficient (Wildman–Crippen LogP) is 4.80. The molecule has 0 radical (unpaired) electrons. The standard InChI is InChI=1S/C22H20N2O3/c1-27-21-15-16(7-13-20(21)25)8-14-22(26)24-19-11-9-18(10-12-19)23-17-5-3-2-4-6-17/h2-15,23,25H,1H3,(H,24,26)/b14-8-. The Morgan fingerprint density at radius 3 is 2.30 bits per heavy atom. The number of methoxy groups -OCH3 is 1. The van der Waals surface area contributed by atoms with Crippen molar-refractivity contribution in [2.45, 2.75) is 0 Å². The maximum absolute atomic E-state index is 12.1. The Labute approximate surface area is 157 Å². The van der Waals surface area contributed by atoms with Gasteiger partial charge in [0.25, 0.3) is 0 Å². The van der Waals surface area contributed by atoms with Gasteiger partial charge in [0.1, 0.15) is 0 Å². The zero-order valence-electron chi connectivity index (χ0n) is 14.8. The van der Waals surface area contributed by atoms with Crippen LogP contribution in [0, 0.1) is 0 Å². The minimum Gasteiger partial charge on any atom is -0.504 e. The summed E-state index contributed by atoms with van der Waals surface area (Å²) in [5.74, 6) is 0.174. The van der Waals surface area contributed by atoms with Crippen molar-refractivity contribution in [3.63, 3.8) is 0 Å². The molecule has 0 atom stereocenters. The van der Waals surface area contributed by atoms with Crippen LogP contribution in [0.5, 0.6) is 11.5 Å². The topological polar surface area (TPSA) is 70.6 Å². The average molecular weight is 360 g/mol. The minimum atomic E-state index is -0.245. The summed E-state index contributed by atoms with van der Waals surface area (Å²) in [5.41, 5.74) is 3.39. The molecule has 136 valence electrons. The van der Waals surface area contributed by atoms with Crippen molar-refractivity contribution in [3.8, 4) is 11.5 Å². The third kappa shape index (κ3) is 5.12. The Bertz CT molecular complexity index is 936. The Balaban J connectivity index is 1.59. The van der Waals surface area contributed by atoms with E-state index in [0.717, 1.165) is 16.9 Å². The Kier molecular flexibility index (Phi) is 5.74. The van der Waals surface area contributed by atoms with Crippen LogP contribution in [-0.4, -0.2) is 18.1 Å². The van der Waals surface area contributed by atoms with Crippen LogP contribution in [0.3, 0.4) is 0 Å². The van der Waals surface area contributed by atoms with Crippen LogP contribution in [0.1, 0.15) is 5.56 Å². The molecule has 0 aromatic heterocycles. The highest BCUT2D eigenvalue weighted by atomic mass is 16.5. The maximum atomic E-state index is 12.1. The van der Waals surface area contributed by atoms with Crippen LogP contribution in [-0.2, 0) is 4.79 Å². The highest BCUT2D eigenvalue weighted by Crippen LogP contribution is 2.26. The first kappa shape index (κ1) is 18.1. The fraction of sp³-hybridized carbons (Fsp3) is 0.0455. The molecule has 0 aliphatic carbocycles. The number of phenols is 1. The SMILES string of the molecule is COc1cc(/C=C\C(=O)Nc2ccc(Nc3ccccc3)cc2)ccc1O. The van der Waals surface area contributed by atoms with Gasteiger partial charge in [0.2, 0.25) is 5.91 Å². The van der Waals surface area contributed by atoms with E-state index in [0.29, 0.717) is 11.4 Å². The van der Waals surface area contributed by atoms with Gasteiger partial charge in [0.15, 0.2) is 11.5 Å². The number of carbonyl (C=O) groups is 1. The lowest BCUT2D eigenvalue weighted by atomic mass is 10.2. The first-order chi connectivity index (χ1) is 13.1. The molecule has 27 heavy (non-hydrogen) atoms. The molecule has 0 saturated heterocycles. The second-order valence-electron chi connectivity index (χ2n) is 5.82. The van der Waals surface area contributed by atoms with Gasteiger partial charge in [0, 0.05) is 23.1 Å². The number of para-hydroxylation sites is 1. The van der Waals surface area contributed by atoms with Crippen LogP contribution in [0.15, 0.2) is 78.9 Å². The highest BCUT2D eigenvalue weighted by molar-refractivity contribution is 6.02. The number of hydrogen-bond donors (Lipinski definition) is 3. The van der Waals surface area contributed by atoms with Gasteiger partial charge in [0.05, 0.1) is 7.11 Å². The average Bonchev–Trinajstić information content (AvgIpc) is 2.69. The van der Waals surface area contributed by atoms with Gasteiger partial charge in [-0.25, -0.2) is 0 Å². The van der Waals surface area contributed by atoms with Gasteiger partial charge in [-0.15, -0.1) is 0 Å². The van der Waals surface area contributed by atoms with Crippen molar-refractivity contribution >= 4 is 29.0 Å². The molecule has 3 aromatic carbocycles. The second-order valence-corrected chi connectivity index (χ2v) is 5.82. The van der Waals surface area contributed by atoms with Crippen LogP contribution < -0.4 is 15.4 Å². The summed E-state index contributed by atoms with van der Waals surface area (Å²) in [4.78, 5) is 12.1. The summed E-state index contributed by atoms with van der Waals surface area (Å²) in [6.45, 7) is 0. The van der Waals surface area contributed by atoms with E-state index in [1.165, 1.54) is 19.3 Å². The highest BCUT2D eigenvalue weighted by Gasteiger charge is 2.02. The van der Waals surface area contributed by atoms with Crippen molar-refractivity contribution in [1.82, 2.24) is 0 Å². The number of rotatable bonds is 6. The number of nitrogens with one attached hydrogen (secondary N) is 2. The lowest BCUT2D eigenvalue weighted by molar-refractivity contribution is -0.111. The van der Waals surface area contributed by atoms with Crippen molar-refractivity contribution in [2.75, 3.05) is 17.7 Å². The number of hydrogen-bond acceptors (Lipinski definition) is 4. The molecule has 3 rings (SSSR count). The molecule has 3 N–H and O–H groups in total. The van der Waals surface area contributed by atoms with Gasteiger partial charge in [-0.05, 0) is 60.2 Å². The molecular weight excluding hydrogens is 340 g/mol. The number of amides is 1. The van der Waals surface area contributed by atoms with Crippen LogP contribution in [0.2, 0.25) is 0 Å². The monoisotopic (exact) mass is 360 g/mol. The smallest absolute Gasteiger partial charge is 0.248 e. The number of ether oxygens (including phenoxy) is 1. The molecule has 3 aromatic rings. The molecule has 0 bridgehead atoms. The van der Waals surface area contributed by atoms with Crippen molar-refractivity contribution < 1.29 is 14.6 Å². The van der Waals surface area contributed by atoms with Crippen molar-refractivity contribution in [2.24, 2.45) is 0 Å². The van der Waals surface area contributed by atoms with Crippen LogP contribution in [0.4, 0.5) is 17.1 Å². The Morgan fingerprint density at radius 1 is 0.926 bits per heavy atom. The number of aromatic hydroxyl groups is 1. The molecule has 0 saturated carbocycles. The van der Waals surface area contributed by atoms with Crippen molar-refractivity contribution in [1.29, 1.82) is 0 Å². The minimum absolute atomic E-state index is 0.0586. The normalized spacial score (nSPS) is 10.6. The quantitative estimate of drug-likeness (QED) is 0.553. The molecule has 5 nitrogen and oxygen atoms in total. The molecule has 1 amide bonds. The van der Waals surface area contributed by atoms with E-state index in [4.69, 9.17) is 4.74 Å². The Hall–Kier alpha value is -3.73. The summed E-state index contributed by atoms with van der Waals surface area (Å²) in [5, 5.41) is 15.7. The van der Waals surface area contributed by atoms with E-state index in [-0.39, 0.29) is 11.7 Å². The fourth-order valence-corrected chi connectivity index (χ4v) is 2.48. The summed E-state index contributed by atoms with van der Waals surface area (Å²) in [6.07, 6.45) is 3.09. The zero-order valence-corrected chi connectivity index (χ0v) is 14.8. The molecule has 0 fully saturated rings. The summed E-state index contributed by atoms with van der Waals surface area (Å²) in [7, 11) is 1.48. The maximum Gasteiger partial charge on any atom is 0.248 e. The van der Waals surface area contributed by atoms with Gasteiger partial charge in [-0.2, -0.15) is 0 Å². The van der Waals surface area contributed by atoms with E-state index in [9.17, 15) is 9.90 Å². The third-order valence-corrected chi connectivity index (χ3v) is 3.85. The van der Waals surface area contributed by atoms with E-state index in [2.05, 4.69) is 10.6 Å². The van der Waals surface area contributed by atoms with Gasteiger partial charge >= 0.3 is 0 Å². The second kappa shape index (κ2) is 8.58. The van der Waals surface area contributed by atoms with Gasteiger partial charge in [-0.3, -0.25) is 4.79 Å². The molecule has 0 unspecified atom stereocenters. The van der Waals surface area contributed by atoms with Crippen molar-refractivity contribution in [3.05, 3.63) is 84.4 Å². The molecule has 0 spiro atoms. The van der Waals surface area contributed by atoms with Crippen LogP contribution in [0.25, 0.3) is 6.08 Å². The predicted molar refractivity (Wildman–Crippen MR) is 108 cm³/mol. The van der Waals surface area contributed by atoms with Gasteiger partial charge < -0.3 is 20.5 Å². The van der Waals surface area contributed by atoms with Crippen LogP contribution >= 0.6 is 0 Å². The zero-order chi connectivity index (χ0) is 19.1. The first-order valence-electron chi connectivity index (χ1n) is 8.42. The number of carbonyl (C=O) groups excluding carboxylic acids is 1. The third-order valence-electron chi connectivity index (χ3n) is 3.85. The summed E-state index contributed by atoms with van der Waals surface area (Å²) in [6, 6.07) is 22.2. The summed E-state index contributed by atoms with van der Waals surface area (Å²) >= 11 is 0. The molecule has 0 aliphatic rings. The van der Waals surface area contributed by atoms with Gasteiger partial charge in [-0.1, -0.05) is 24.3 Å². The lowest BCUT2D eigenvalue weighted by Crippen LogP contribution is -2.07. The number of phenolic OH excluding ortho intramolecular Hbond substituents is 1. The molecule has 0 heterocycles. The Morgan fingerprint density at radius 2 is 1.59 bits per heavy atom. The lowest BCUT2D eigenvalue weighted by Gasteiger charge is -2.08. The molecular formula is C22H20N2O3. The first-order valence-corrected chi connectivity index (χ1v) is 8.42. The van der Waals surface area contributed by atoms with E-state index in [1.807, 2.05) is 54.6 Å². The molecule has 5 heteroatoms. The molecule has 0 aliphatic heterocycles. The van der Waals surface area contributed by atoms with E-state index in [1.54, 1.807) is 18.2 Å². The van der Waals surface area contributed by atoms with E-state index < -0.39 is 0 Å². The van der Waals surface area contributed by atoms with E-state index >= 15 is 0 Å². The fourth-order valence-electron chi connectivity index (χ4n) is 2.48. The largest absolute Gasteiger partial charge is 0.504 e. The number of anilines is 3.